The number of amides is 2. The molecule has 1 unspecified atom stereocenters. The molecule has 5 nitrogen and oxygen atoms in total. The zero-order chi connectivity index (χ0) is 14.0. The molecule has 2 rings (SSSR count). The van der Waals surface area contributed by atoms with Crippen LogP contribution in [-0.2, 0) is 4.79 Å². The highest BCUT2D eigenvalue weighted by molar-refractivity contribution is 6.33. The summed E-state index contributed by atoms with van der Waals surface area (Å²) in [6, 6.07) is 4.34. The Bertz CT molecular complexity index is 519. The molecule has 102 valence electrons. The van der Waals surface area contributed by atoms with Crippen LogP contribution in [0, 0.1) is 0 Å². The lowest BCUT2D eigenvalue weighted by molar-refractivity contribution is -0.127. The number of carbonyl (C=O) groups excluding carboxylic acids is 2. The van der Waals surface area contributed by atoms with Gasteiger partial charge in [0.05, 0.1) is 10.7 Å². The number of hydrogen-bond donors (Lipinski definition) is 2. The summed E-state index contributed by atoms with van der Waals surface area (Å²) < 4.78 is 0. The average molecular weight is 282 g/mol. The second kappa shape index (κ2) is 5.48. The van der Waals surface area contributed by atoms with Gasteiger partial charge in [-0.1, -0.05) is 18.5 Å². The minimum Gasteiger partial charge on any atom is -0.398 e. The summed E-state index contributed by atoms with van der Waals surface area (Å²) in [7, 11) is 0. The average Bonchev–Trinajstić information content (AvgIpc) is 2.40. The van der Waals surface area contributed by atoms with Crippen LogP contribution in [0.2, 0.25) is 5.02 Å². The van der Waals surface area contributed by atoms with E-state index in [0.717, 1.165) is 0 Å². The lowest BCUT2D eigenvalue weighted by Gasteiger charge is -2.34. The smallest absolute Gasteiger partial charge is 0.254 e. The quantitative estimate of drug-likeness (QED) is 0.802. The van der Waals surface area contributed by atoms with Crippen LogP contribution in [0.25, 0.3) is 0 Å². The van der Waals surface area contributed by atoms with Crippen LogP contribution in [0.15, 0.2) is 18.2 Å². The van der Waals surface area contributed by atoms with E-state index in [9.17, 15) is 9.59 Å². The van der Waals surface area contributed by atoms with Gasteiger partial charge in [0.1, 0.15) is 6.04 Å². The van der Waals surface area contributed by atoms with Gasteiger partial charge in [-0.2, -0.15) is 0 Å². The Morgan fingerprint density at radius 1 is 1.58 bits per heavy atom. The normalized spacial score (nSPS) is 19.2. The molecule has 1 fully saturated rings. The number of nitrogens with one attached hydrogen (secondary N) is 1. The Kier molecular flexibility index (Phi) is 3.95. The molecule has 1 heterocycles. The molecule has 1 atom stereocenters. The molecule has 0 aliphatic carbocycles. The number of nitrogen functional groups attached to an aromatic ring is 1. The van der Waals surface area contributed by atoms with Crippen molar-refractivity contribution in [3.8, 4) is 0 Å². The summed E-state index contributed by atoms with van der Waals surface area (Å²) in [5.41, 5.74) is 6.52. The number of halogens is 1. The van der Waals surface area contributed by atoms with Gasteiger partial charge in [0, 0.05) is 18.7 Å². The Morgan fingerprint density at radius 3 is 2.95 bits per heavy atom. The van der Waals surface area contributed by atoms with E-state index in [4.69, 9.17) is 17.3 Å². The standard InChI is InChI=1S/C13H16ClN3O2/c1-2-11-12(18)16-5-6-17(11)13(19)8-3-4-9(14)10(15)7-8/h3-4,7,11H,2,5-6,15H2,1H3,(H,16,18). The molecule has 1 saturated heterocycles. The summed E-state index contributed by atoms with van der Waals surface area (Å²) in [5, 5.41) is 3.18. The Balaban J connectivity index is 2.26. The number of hydrogen-bond acceptors (Lipinski definition) is 3. The van der Waals surface area contributed by atoms with Crippen LogP contribution in [0.4, 0.5) is 5.69 Å². The van der Waals surface area contributed by atoms with Crippen LogP contribution in [0.5, 0.6) is 0 Å². The second-order valence-electron chi connectivity index (χ2n) is 4.45. The largest absolute Gasteiger partial charge is 0.398 e. The summed E-state index contributed by atoms with van der Waals surface area (Å²) >= 11 is 5.84. The van der Waals surface area contributed by atoms with Crippen molar-refractivity contribution in [1.82, 2.24) is 10.2 Å². The van der Waals surface area contributed by atoms with Gasteiger partial charge in [0.25, 0.3) is 5.91 Å². The monoisotopic (exact) mass is 281 g/mol. The molecule has 1 aliphatic rings. The van der Waals surface area contributed by atoms with Gasteiger partial charge in [-0.05, 0) is 24.6 Å². The predicted molar refractivity (Wildman–Crippen MR) is 74.0 cm³/mol. The Labute approximate surface area is 116 Å². The van der Waals surface area contributed by atoms with Gasteiger partial charge in [-0.3, -0.25) is 9.59 Å². The zero-order valence-corrected chi connectivity index (χ0v) is 11.4. The summed E-state index contributed by atoms with van der Waals surface area (Å²) in [6.45, 7) is 2.86. The molecule has 0 aromatic heterocycles. The van der Waals surface area contributed by atoms with Crippen LogP contribution >= 0.6 is 11.6 Å². The first-order valence-electron chi connectivity index (χ1n) is 6.18. The van der Waals surface area contributed by atoms with Gasteiger partial charge in [0.2, 0.25) is 5.91 Å². The number of nitrogens with two attached hydrogens (primary N) is 1. The van der Waals surface area contributed by atoms with E-state index in [2.05, 4.69) is 5.32 Å². The number of rotatable bonds is 2. The third-order valence-electron chi connectivity index (χ3n) is 3.22. The third kappa shape index (κ3) is 2.66. The molecule has 0 saturated carbocycles. The molecule has 2 amide bonds. The summed E-state index contributed by atoms with van der Waals surface area (Å²) in [6.07, 6.45) is 0.584. The van der Waals surface area contributed by atoms with Crippen molar-refractivity contribution in [2.24, 2.45) is 0 Å². The second-order valence-corrected chi connectivity index (χ2v) is 4.86. The number of anilines is 1. The Hall–Kier alpha value is -1.75. The topological polar surface area (TPSA) is 75.4 Å². The zero-order valence-electron chi connectivity index (χ0n) is 10.6. The molecule has 1 aromatic rings. The summed E-state index contributed by atoms with van der Waals surface area (Å²) in [4.78, 5) is 25.8. The molecule has 0 spiro atoms. The molecular weight excluding hydrogens is 266 g/mol. The van der Waals surface area contributed by atoms with E-state index in [1.54, 1.807) is 23.1 Å². The molecule has 1 aliphatic heterocycles. The lowest BCUT2D eigenvalue weighted by Crippen LogP contribution is -2.56. The van der Waals surface area contributed by atoms with Gasteiger partial charge in [-0.15, -0.1) is 0 Å². The van der Waals surface area contributed by atoms with Crippen molar-refractivity contribution in [2.75, 3.05) is 18.8 Å². The van der Waals surface area contributed by atoms with E-state index in [0.29, 0.717) is 35.8 Å². The van der Waals surface area contributed by atoms with Crippen LogP contribution in [0.1, 0.15) is 23.7 Å². The van der Waals surface area contributed by atoms with Crippen molar-refractivity contribution >= 4 is 29.1 Å². The van der Waals surface area contributed by atoms with Crippen molar-refractivity contribution in [3.05, 3.63) is 28.8 Å². The van der Waals surface area contributed by atoms with Crippen LogP contribution < -0.4 is 11.1 Å². The fraction of sp³-hybridized carbons (Fsp3) is 0.385. The predicted octanol–water partition coefficient (Wildman–Crippen LogP) is 1.27. The van der Waals surface area contributed by atoms with E-state index in [-0.39, 0.29) is 11.8 Å². The number of nitrogens with zero attached hydrogens (tertiary/aromatic N) is 1. The minimum atomic E-state index is -0.418. The first kappa shape index (κ1) is 13.7. The maximum Gasteiger partial charge on any atom is 0.254 e. The van der Waals surface area contributed by atoms with Crippen molar-refractivity contribution in [2.45, 2.75) is 19.4 Å². The van der Waals surface area contributed by atoms with Crippen LogP contribution in [0.3, 0.4) is 0 Å². The van der Waals surface area contributed by atoms with Gasteiger partial charge < -0.3 is 16.0 Å². The molecule has 1 aromatic carbocycles. The van der Waals surface area contributed by atoms with Gasteiger partial charge >= 0.3 is 0 Å². The van der Waals surface area contributed by atoms with Crippen molar-refractivity contribution in [3.63, 3.8) is 0 Å². The van der Waals surface area contributed by atoms with Crippen molar-refractivity contribution < 1.29 is 9.59 Å². The van der Waals surface area contributed by atoms with Crippen LogP contribution in [-0.4, -0.2) is 35.8 Å². The minimum absolute atomic E-state index is 0.107. The maximum atomic E-state index is 12.4. The molecule has 0 bridgehead atoms. The highest BCUT2D eigenvalue weighted by Gasteiger charge is 2.32. The molecule has 0 radical (unpaired) electrons. The molecule has 6 heteroatoms. The maximum absolute atomic E-state index is 12.4. The van der Waals surface area contributed by atoms with Crippen molar-refractivity contribution in [1.29, 1.82) is 0 Å². The first-order chi connectivity index (χ1) is 9.04. The van der Waals surface area contributed by atoms with E-state index >= 15 is 0 Å². The molecular formula is C13H16ClN3O2. The lowest BCUT2D eigenvalue weighted by atomic mass is 10.1. The first-order valence-corrected chi connectivity index (χ1v) is 6.56. The molecule has 19 heavy (non-hydrogen) atoms. The number of carbonyl (C=O) groups is 2. The highest BCUT2D eigenvalue weighted by Crippen LogP contribution is 2.21. The van der Waals surface area contributed by atoms with E-state index in [1.807, 2.05) is 6.92 Å². The number of benzene rings is 1. The summed E-state index contributed by atoms with van der Waals surface area (Å²) in [5.74, 6) is -0.297. The highest BCUT2D eigenvalue weighted by atomic mass is 35.5. The van der Waals surface area contributed by atoms with Gasteiger partial charge in [-0.25, -0.2) is 0 Å². The SMILES string of the molecule is CCC1C(=O)NCCN1C(=O)c1ccc(Cl)c(N)c1. The third-order valence-corrected chi connectivity index (χ3v) is 3.57. The van der Waals surface area contributed by atoms with E-state index < -0.39 is 6.04 Å². The van der Waals surface area contributed by atoms with E-state index in [1.165, 1.54) is 0 Å². The fourth-order valence-electron chi connectivity index (χ4n) is 2.21. The Morgan fingerprint density at radius 2 is 2.32 bits per heavy atom. The van der Waals surface area contributed by atoms with Gasteiger partial charge in [0.15, 0.2) is 0 Å². The molecule has 3 N–H and O–H groups in total. The number of piperazine rings is 1. The fourth-order valence-corrected chi connectivity index (χ4v) is 2.32.